The van der Waals surface area contributed by atoms with Crippen molar-refractivity contribution in [3.63, 3.8) is 0 Å². The normalized spacial score (nSPS) is 11.8. The average molecular weight is 1050 g/mol. The van der Waals surface area contributed by atoms with Gasteiger partial charge in [-0.05, 0) is 150 Å². The van der Waals surface area contributed by atoms with Gasteiger partial charge in [0.2, 0.25) is 0 Å². The lowest BCUT2D eigenvalue weighted by Crippen LogP contribution is -2.38. The van der Waals surface area contributed by atoms with Gasteiger partial charge in [-0.3, -0.25) is 0 Å². The molecule has 0 spiro atoms. The van der Waals surface area contributed by atoms with E-state index in [1.807, 2.05) is 48.5 Å². The summed E-state index contributed by atoms with van der Waals surface area (Å²) >= 11 is 7.66. The Morgan fingerprint density at radius 2 is 0.486 bits per heavy atom. The van der Waals surface area contributed by atoms with Crippen molar-refractivity contribution < 1.29 is 20.1 Å². The SMILES string of the molecule is Brc1ccc2c3c(ccc(Br)c13)-c1c-2c(-c2ccccc2)c2ccccc2c1-c1ccccc1.OB(O)c1ccc2c3c(ccc(B(O)O)c13)-c1c-2c(-c2ccccc2)c2ccccc2c1-c1ccccc1. The topological polar surface area (TPSA) is 80.9 Å². The standard InChI is InChI=1S/C32H22B2O4.C32H18Br2/c35-33(36)25-17-15-23-29-24(16-18-26(32(25)29)34(37)38)31-28(20-11-5-2-6-12-20)22-14-8-7-13-21(22)27(30(23)31)19-9-3-1-4-10-19;33-25-17-15-23-29-24(16-18-26(34)32(25)29)31-28(20-11-5-2-6-12-20)22-14-8-7-13-21(22)27(30(23)31)19-9-3-1-4-10-19/h1-18,35-38H;1-18H. The molecule has 12 aromatic rings. The maximum Gasteiger partial charge on any atom is 0.489 e. The maximum absolute atomic E-state index is 10.3. The van der Waals surface area contributed by atoms with Gasteiger partial charge in [0.15, 0.2) is 0 Å². The van der Waals surface area contributed by atoms with Crippen LogP contribution in [0.2, 0.25) is 0 Å². The van der Waals surface area contributed by atoms with Crippen molar-refractivity contribution in [2.24, 2.45) is 0 Å². The molecule has 2 aliphatic rings. The molecular weight excluding hydrogens is 1010 g/mol. The monoisotopic (exact) mass is 1050 g/mol. The van der Waals surface area contributed by atoms with Crippen molar-refractivity contribution in [3.05, 3.63) is 227 Å². The molecule has 0 saturated carbocycles. The van der Waals surface area contributed by atoms with E-state index in [0.717, 1.165) is 69.6 Å². The molecule has 0 atom stereocenters. The second-order valence-electron chi connectivity index (χ2n) is 18.4. The Bertz CT molecular complexity index is 3910. The first-order valence-corrected chi connectivity index (χ1v) is 25.5. The van der Waals surface area contributed by atoms with Crippen LogP contribution >= 0.6 is 31.9 Å². The zero-order valence-electron chi connectivity index (χ0n) is 38.5. The number of hydrogen-bond donors (Lipinski definition) is 4. The van der Waals surface area contributed by atoms with Crippen LogP contribution in [0.25, 0.3) is 132 Å². The molecule has 2 aliphatic carbocycles. The van der Waals surface area contributed by atoms with Crippen molar-refractivity contribution in [1.29, 1.82) is 0 Å². The molecule has 0 bridgehead atoms. The quantitative estimate of drug-likeness (QED) is 0.125. The predicted molar refractivity (Wildman–Crippen MR) is 309 cm³/mol. The highest BCUT2D eigenvalue weighted by atomic mass is 79.9. The molecule has 72 heavy (non-hydrogen) atoms. The summed E-state index contributed by atoms with van der Waals surface area (Å²) in [5.74, 6) is 0. The summed E-state index contributed by atoms with van der Waals surface area (Å²) in [7, 11) is -3.52. The van der Waals surface area contributed by atoms with Gasteiger partial charge in [-0.25, -0.2) is 0 Å². The van der Waals surface area contributed by atoms with Crippen LogP contribution in [0.4, 0.5) is 0 Å². The van der Waals surface area contributed by atoms with E-state index in [2.05, 4.69) is 190 Å². The molecule has 0 saturated heterocycles. The summed E-state index contributed by atoms with van der Waals surface area (Å²) in [6, 6.07) is 75.7. The summed E-state index contributed by atoms with van der Waals surface area (Å²) in [4.78, 5) is 0. The molecule has 0 aliphatic heterocycles. The van der Waals surface area contributed by atoms with Crippen LogP contribution in [0.15, 0.2) is 227 Å². The Balaban J connectivity index is 0.000000141. The van der Waals surface area contributed by atoms with Gasteiger partial charge in [0.1, 0.15) is 0 Å². The van der Waals surface area contributed by atoms with Gasteiger partial charge in [-0.1, -0.05) is 238 Å². The zero-order chi connectivity index (χ0) is 48.8. The van der Waals surface area contributed by atoms with Crippen molar-refractivity contribution in [1.82, 2.24) is 0 Å². The van der Waals surface area contributed by atoms with Crippen molar-refractivity contribution in [2.75, 3.05) is 0 Å². The first-order valence-electron chi connectivity index (χ1n) is 23.9. The Morgan fingerprint density at radius 3 is 0.764 bits per heavy atom. The van der Waals surface area contributed by atoms with E-state index in [-0.39, 0.29) is 10.9 Å². The second-order valence-corrected chi connectivity index (χ2v) is 20.1. The van der Waals surface area contributed by atoms with Crippen LogP contribution in [-0.4, -0.2) is 34.3 Å². The number of hydrogen-bond acceptors (Lipinski definition) is 4. The minimum Gasteiger partial charge on any atom is -0.423 e. The first kappa shape index (κ1) is 44.5. The van der Waals surface area contributed by atoms with Crippen LogP contribution in [0.5, 0.6) is 0 Å². The molecule has 4 N–H and O–H groups in total. The zero-order valence-corrected chi connectivity index (χ0v) is 41.7. The number of rotatable bonds is 6. The largest absolute Gasteiger partial charge is 0.489 e. The van der Waals surface area contributed by atoms with Gasteiger partial charge in [0, 0.05) is 14.3 Å². The smallest absolute Gasteiger partial charge is 0.423 e. The highest BCUT2D eigenvalue weighted by Gasteiger charge is 2.35. The molecule has 0 unspecified atom stereocenters. The lowest BCUT2D eigenvalue weighted by Gasteiger charge is -2.20. The van der Waals surface area contributed by atoms with Gasteiger partial charge < -0.3 is 20.1 Å². The predicted octanol–water partition coefficient (Wildman–Crippen LogP) is 14.8. The molecule has 0 heterocycles. The summed E-state index contributed by atoms with van der Waals surface area (Å²) in [6.07, 6.45) is 0. The Kier molecular flexibility index (Phi) is 11.0. The highest BCUT2D eigenvalue weighted by Crippen LogP contribution is 2.60. The number of fused-ring (bicyclic) bond motifs is 8. The minimum atomic E-state index is -1.76. The second kappa shape index (κ2) is 17.7. The maximum atomic E-state index is 10.3. The summed E-state index contributed by atoms with van der Waals surface area (Å²) < 4.78 is 2.22. The first-order chi connectivity index (χ1) is 35.3. The van der Waals surface area contributed by atoms with E-state index in [4.69, 9.17) is 0 Å². The van der Waals surface area contributed by atoms with Crippen molar-refractivity contribution in [2.45, 2.75) is 0 Å². The summed E-state index contributed by atoms with van der Waals surface area (Å²) in [6.45, 7) is 0. The van der Waals surface area contributed by atoms with Crippen molar-refractivity contribution >= 4 is 100 Å². The molecule has 0 radical (unpaired) electrons. The van der Waals surface area contributed by atoms with Crippen LogP contribution < -0.4 is 10.9 Å². The molecule has 4 nitrogen and oxygen atoms in total. The molecule has 8 heteroatoms. The molecule has 0 aromatic heterocycles. The van der Waals surface area contributed by atoms with E-state index < -0.39 is 14.2 Å². The van der Waals surface area contributed by atoms with Gasteiger partial charge in [-0.15, -0.1) is 0 Å². The average Bonchev–Trinajstić information content (AvgIpc) is 3.93. The fourth-order valence-electron chi connectivity index (χ4n) is 11.8. The van der Waals surface area contributed by atoms with Gasteiger partial charge in [-0.2, -0.15) is 0 Å². The number of halogens is 2. The third kappa shape index (κ3) is 6.82. The van der Waals surface area contributed by atoms with E-state index in [1.165, 1.54) is 66.1 Å². The fourth-order valence-corrected chi connectivity index (χ4v) is 13.2. The highest BCUT2D eigenvalue weighted by molar-refractivity contribution is 9.11. The van der Waals surface area contributed by atoms with Crippen LogP contribution in [-0.2, 0) is 0 Å². The van der Waals surface area contributed by atoms with Gasteiger partial charge in [0.25, 0.3) is 0 Å². The van der Waals surface area contributed by atoms with Crippen molar-refractivity contribution in [3.8, 4) is 89.0 Å². The fraction of sp³-hybridized carbons (Fsp3) is 0. The molecule has 12 aromatic carbocycles. The van der Waals surface area contributed by atoms with E-state index in [9.17, 15) is 20.1 Å². The number of benzene rings is 12. The third-order valence-electron chi connectivity index (χ3n) is 14.6. The molecule has 340 valence electrons. The molecular formula is C64H40B2Br2O4. The van der Waals surface area contributed by atoms with Crippen LogP contribution in [0.3, 0.4) is 0 Å². The third-order valence-corrected chi connectivity index (χ3v) is 15.9. The molecule has 0 fully saturated rings. The van der Waals surface area contributed by atoms with E-state index in [1.54, 1.807) is 12.1 Å². The van der Waals surface area contributed by atoms with Gasteiger partial charge in [0.05, 0.1) is 0 Å². The Hall–Kier alpha value is -7.39. The van der Waals surface area contributed by atoms with E-state index >= 15 is 0 Å². The molecule has 0 amide bonds. The minimum absolute atomic E-state index is 0.244. The van der Waals surface area contributed by atoms with E-state index in [0.29, 0.717) is 5.39 Å². The lowest BCUT2D eigenvalue weighted by atomic mass is 9.68. The van der Waals surface area contributed by atoms with Gasteiger partial charge >= 0.3 is 14.2 Å². The summed E-state index contributed by atoms with van der Waals surface area (Å²) in [5, 5.41) is 49.6. The Morgan fingerprint density at radius 1 is 0.236 bits per heavy atom. The lowest BCUT2D eigenvalue weighted by molar-refractivity contribution is 0.426. The van der Waals surface area contributed by atoms with Crippen LogP contribution in [0.1, 0.15) is 0 Å². The molecule has 14 rings (SSSR count). The summed E-state index contributed by atoms with van der Waals surface area (Å²) in [5.41, 5.74) is 19.2. The van der Waals surface area contributed by atoms with Crippen LogP contribution in [0, 0.1) is 0 Å². The Labute approximate surface area is 433 Å².